The predicted octanol–water partition coefficient (Wildman–Crippen LogP) is 2.45. The highest BCUT2D eigenvalue weighted by Gasteiger charge is 2.13. The summed E-state index contributed by atoms with van der Waals surface area (Å²) in [7, 11) is 3.10. The van der Waals surface area contributed by atoms with E-state index < -0.39 is 0 Å². The predicted molar refractivity (Wildman–Crippen MR) is 99.2 cm³/mol. The van der Waals surface area contributed by atoms with Crippen molar-refractivity contribution in [2.75, 3.05) is 12.4 Å². The molecule has 1 aromatic carbocycles. The van der Waals surface area contributed by atoms with Crippen LogP contribution in [-0.2, 0) is 7.05 Å². The summed E-state index contributed by atoms with van der Waals surface area (Å²) in [5.41, 5.74) is 3.55. The van der Waals surface area contributed by atoms with Gasteiger partial charge in [0.05, 0.1) is 25.3 Å². The Labute approximate surface area is 150 Å². The van der Waals surface area contributed by atoms with Gasteiger partial charge < -0.3 is 19.2 Å². The van der Waals surface area contributed by atoms with E-state index >= 15 is 0 Å². The third-order valence-corrected chi connectivity index (χ3v) is 4.31. The molecule has 2 aromatic heterocycles. The summed E-state index contributed by atoms with van der Waals surface area (Å²) in [6, 6.07) is 8.68. The van der Waals surface area contributed by atoms with Crippen LogP contribution in [0.5, 0.6) is 5.75 Å². The highest BCUT2D eigenvalue weighted by Crippen LogP contribution is 2.17. The molecule has 3 aromatic rings. The number of methoxy groups -OCH3 is 1. The molecule has 7 heteroatoms. The maximum absolute atomic E-state index is 12.5. The molecule has 0 saturated carbocycles. The van der Waals surface area contributed by atoms with Gasteiger partial charge in [-0.15, -0.1) is 0 Å². The van der Waals surface area contributed by atoms with Crippen LogP contribution in [0.25, 0.3) is 5.69 Å². The lowest BCUT2D eigenvalue weighted by molar-refractivity contribution is 0.101. The Kier molecular flexibility index (Phi) is 4.62. The molecule has 0 radical (unpaired) electrons. The lowest BCUT2D eigenvalue weighted by Gasteiger charge is -2.11. The first-order valence-corrected chi connectivity index (χ1v) is 8.07. The smallest absolute Gasteiger partial charge is 0.272 e. The third kappa shape index (κ3) is 3.23. The van der Waals surface area contributed by atoms with E-state index in [1.54, 1.807) is 17.9 Å². The van der Waals surface area contributed by atoms with Gasteiger partial charge in [-0.3, -0.25) is 9.59 Å². The average molecular weight is 352 g/mol. The Morgan fingerprint density at radius 2 is 1.88 bits per heavy atom. The summed E-state index contributed by atoms with van der Waals surface area (Å²) in [5.74, 6) is -0.172. The van der Waals surface area contributed by atoms with Crippen LogP contribution in [0.3, 0.4) is 0 Å². The molecule has 0 aliphatic carbocycles. The fourth-order valence-electron chi connectivity index (χ4n) is 2.64. The van der Waals surface area contributed by atoms with E-state index in [0.717, 1.165) is 17.1 Å². The van der Waals surface area contributed by atoms with E-state index in [1.165, 1.54) is 19.4 Å². The minimum Gasteiger partial charge on any atom is -0.491 e. The zero-order valence-corrected chi connectivity index (χ0v) is 15.1. The molecular formula is C19H20N4O3. The van der Waals surface area contributed by atoms with Gasteiger partial charge in [0.25, 0.3) is 5.91 Å². The molecule has 0 aliphatic heterocycles. The average Bonchev–Trinajstić information content (AvgIpc) is 2.96. The Bertz CT molecular complexity index is 1020. The number of nitrogens with one attached hydrogen (secondary N) is 1. The molecule has 0 saturated heterocycles. The van der Waals surface area contributed by atoms with Gasteiger partial charge in [0.2, 0.25) is 5.43 Å². The van der Waals surface area contributed by atoms with Gasteiger partial charge in [-0.25, -0.2) is 4.98 Å². The summed E-state index contributed by atoms with van der Waals surface area (Å²) in [4.78, 5) is 28.6. The molecular weight excluding hydrogens is 332 g/mol. The number of carbonyl (C=O) groups is 1. The maximum Gasteiger partial charge on any atom is 0.272 e. The second-order valence-electron chi connectivity index (χ2n) is 5.99. The van der Waals surface area contributed by atoms with Crippen molar-refractivity contribution < 1.29 is 9.53 Å². The van der Waals surface area contributed by atoms with Crippen LogP contribution in [-0.4, -0.2) is 27.1 Å². The number of aryl methyl sites for hydroxylation is 2. The van der Waals surface area contributed by atoms with Crippen LogP contribution in [0, 0.1) is 13.8 Å². The maximum atomic E-state index is 12.5. The molecule has 1 N–H and O–H groups in total. The standard InChI is InChI=1S/C19H20N4O3/c1-12-13(2)23(11-20-12)15-7-5-14(6-8-15)21-19(25)16-9-17(24)18(26-4)10-22(16)3/h5-11H,1-4H3,(H,21,25). The fraction of sp³-hybridized carbons (Fsp3) is 0.211. The molecule has 2 heterocycles. The molecule has 0 atom stereocenters. The number of benzene rings is 1. The summed E-state index contributed by atoms with van der Waals surface area (Å²) in [5, 5.41) is 2.80. The lowest BCUT2D eigenvalue weighted by atomic mass is 10.2. The van der Waals surface area contributed by atoms with Gasteiger partial charge in [-0.05, 0) is 38.1 Å². The van der Waals surface area contributed by atoms with E-state index in [9.17, 15) is 9.59 Å². The molecule has 7 nitrogen and oxygen atoms in total. The lowest BCUT2D eigenvalue weighted by Crippen LogP contribution is -2.21. The molecule has 0 unspecified atom stereocenters. The first-order chi connectivity index (χ1) is 12.4. The van der Waals surface area contributed by atoms with Crippen molar-refractivity contribution in [3.05, 3.63) is 70.2 Å². The van der Waals surface area contributed by atoms with Crippen LogP contribution >= 0.6 is 0 Å². The zero-order valence-electron chi connectivity index (χ0n) is 15.1. The SMILES string of the molecule is COc1cn(C)c(C(=O)Nc2ccc(-n3cnc(C)c3C)cc2)cc1=O. The highest BCUT2D eigenvalue weighted by atomic mass is 16.5. The molecule has 3 rings (SSSR count). The minimum atomic E-state index is -0.366. The largest absolute Gasteiger partial charge is 0.491 e. The van der Waals surface area contributed by atoms with Crippen molar-refractivity contribution in [3.63, 3.8) is 0 Å². The quantitative estimate of drug-likeness (QED) is 0.782. The van der Waals surface area contributed by atoms with Crippen molar-refractivity contribution in [2.24, 2.45) is 7.05 Å². The van der Waals surface area contributed by atoms with E-state index in [-0.39, 0.29) is 22.8 Å². The summed E-state index contributed by atoms with van der Waals surface area (Å²) in [6.07, 6.45) is 3.26. The van der Waals surface area contributed by atoms with Crippen molar-refractivity contribution in [2.45, 2.75) is 13.8 Å². The van der Waals surface area contributed by atoms with Crippen molar-refractivity contribution in [3.8, 4) is 11.4 Å². The van der Waals surface area contributed by atoms with Gasteiger partial charge in [-0.2, -0.15) is 0 Å². The van der Waals surface area contributed by atoms with E-state index in [4.69, 9.17) is 4.74 Å². The Hall–Kier alpha value is -3.35. The number of amides is 1. The molecule has 134 valence electrons. The minimum absolute atomic E-state index is 0.194. The summed E-state index contributed by atoms with van der Waals surface area (Å²) >= 11 is 0. The van der Waals surface area contributed by atoms with Crippen molar-refractivity contribution in [1.29, 1.82) is 0 Å². The van der Waals surface area contributed by atoms with Crippen LogP contribution in [0.4, 0.5) is 5.69 Å². The number of carbonyl (C=O) groups excluding carboxylic acids is 1. The highest BCUT2D eigenvalue weighted by molar-refractivity contribution is 6.03. The molecule has 0 bridgehead atoms. The van der Waals surface area contributed by atoms with Crippen molar-refractivity contribution in [1.82, 2.24) is 14.1 Å². The van der Waals surface area contributed by atoms with Crippen LogP contribution in [0.2, 0.25) is 0 Å². The molecule has 1 amide bonds. The number of rotatable bonds is 4. The van der Waals surface area contributed by atoms with E-state index in [0.29, 0.717) is 5.69 Å². The molecule has 0 aliphatic rings. The number of aromatic nitrogens is 3. The number of nitrogens with zero attached hydrogens (tertiary/aromatic N) is 3. The zero-order chi connectivity index (χ0) is 18.8. The molecule has 26 heavy (non-hydrogen) atoms. The molecule has 0 fully saturated rings. The monoisotopic (exact) mass is 352 g/mol. The number of pyridine rings is 1. The summed E-state index contributed by atoms with van der Waals surface area (Å²) in [6.45, 7) is 3.96. The second-order valence-corrected chi connectivity index (χ2v) is 5.99. The second kappa shape index (κ2) is 6.87. The fourth-order valence-corrected chi connectivity index (χ4v) is 2.64. The molecule has 0 spiro atoms. The van der Waals surface area contributed by atoms with Gasteiger partial charge in [0, 0.05) is 30.2 Å². The van der Waals surface area contributed by atoms with Crippen molar-refractivity contribution >= 4 is 11.6 Å². The normalized spacial score (nSPS) is 10.6. The summed E-state index contributed by atoms with van der Waals surface area (Å²) < 4.78 is 8.51. The van der Waals surface area contributed by atoms with Gasteiger partial charge >= 0.3 is 0 Å². The van der Waals surface area contributed by atoms with Crippen LogP contribution in [0.15, 0.2) is 47.7 Å². The van der Waals surface area contributed by atoms with Gasteiger partial charge in [0.1, 0.15) is 5.69 Å². The Balaban J connectivity index is 1.81. The first kappa shape index (κ1) is 17.5. The number of ether oxygens (including phenoxy) is 1. The topological polar surface area (TPSA) is 78.2 Å². The first-order valence-electron chi connectivity index (χ1n) is 8.07. The van der Waals surface area contributed by atoms with Gasteiger partial charge in [-0.1, -0.05) is 0 Å². The Morgan fingerprint density at radius 1 is 1.19 bits per heavy atom. The third-order valence-electron chi connectivity index (χ3n) is 4.31. The van der Waals surface area contributed by atoms with Gasteiger partial charge in [0.15, 0.2) is 5.75 Å². The van der Waals surface area contributed by atoms with E-state index in [1.807, 2.05) is 42.7 Å². The number of hydrogen-bond donors (Lipinski definition) is 1. The van der Waals surface area contributed by atoms with E-state index in [2.05, 4.69) is 10.3 Å². The van der Waals surface area contributed by atoms with Crippen LogP contribution in [0.1, 0.15) is 21.9 Å². The van der Waals surface area contributed by atoms with Crippen LogP contribution < -0.4 is 15.5 Å². The number of anilines is 1. The number of hydrogen-bond acceptors (Lipinski definition) is 4. The number of imidazole rings is 1. The Morgan fingerprint density at radius 3 is 2.46 bits per heavy atom.